The summed E-state index contributed by atoms with van der Waals surface area (Å²) in [6.45, 7) is 2.96. The van der Waals surface area contributed by atoms with Gasteiger partial charge in [0.1, 0.15) is 0 Å². The first kappa shape index (κ1) is 21.3. The van der Waals surface area contributed by atoms with Crippen LogP contribution < -0.4 is 10.9 Å². The number of piperazine rings is 1. The number of fused-ring (bicyclic) bond motifs is 1. The molecule has 2 fully saturated rings. The highest BCUT2D eigenvalue weighted by atomic mass is 16.2. The number of benzene rings is 2. The molecule has 1 aliphatic heterocycles. The molecule has 2 amide bonds. The Hall–Kier alpha value is -3.52. The maximum Gasteiger partial charge on any atom is 0.275 e. The third kappa shape index (κ3) is 4.80. The zero-order chi connectivity index (χ0) is 22.8. The number of carbonyl (C=O) groups excluding carboxylic acids is 2. The summed E-state index contributed by atoms with van der Waals surface area (Å²) in [6.07, 6.45) is 2.14. The Kier molecular flexibility index (Phi) is 5.92. The van der Waals surface area contributed by atoms with E-state index in [1.54, 1.807) is 23.1 Å². The van der Waals surface area contributed by atoms with E-state index < -0.39 is 0 Å². The SMILES string of the molecule is O=C(CN1CCN(C(=O)c2nn(Cc3ccccc3)c(=O)c3ccccc23)CC1)NC1CC1. The van der Waals surface area contributed by atoms with Crippen molar-refractivity contribution >= 4 is 22.6 Å². The summed E-state index contributed by atoms with van der Waals surface area (Å²) < 4.78 is 1.38. The van der Waals surface area contributed by atoms with Crippen LogP contribution in [0.3, 0.4) is 0 Å². The summed E-state index contributed by atoms with van der Waals surface area (Å²) in [5.41, 5.74) is 1.03. The van der Waals surface area contributed by atoms with Crippen LogP contribution in [0.15, 0.2) is 59.4 Å². The van der Waals surface area contributed by atoms with E-state index in [9.17, 15) is 14.4 Å². The quantitative estimate of drug-likeness (QED) is 0.621. The van der Waals surface area contributed by atoms with Crippen molar-refractivity contribution in [3.05, 3.63) is 76.2 Å². The number of rotatable bonds is 6. The van der Waals surface area contributed by atoms with Crippen molar-refractivity contribution in [2.24, 2.45) is 0 Å². The van der Waals surface area contributed by atoms with Gasteiger partial charge in [-0.05, 0) is 24.5 Å². The molecule has 33 heavy (non-hydrogen) atoms. The van der Waals surface area contributed by atoms with Crippen LogP contribution in [0.25, 0.3) is 10.8 Å². The van der Waals surface area contributed by atoms with Gasteiger partial charge in [0.25, 0.3) is 11.5 Å². The second-order valence-electron chi connectivity index (χ2n) is 8.75. The normalized spacial score (nSPS) is 16.7. The van der Waals surface area contributed by atoms with Crippen molar-refractivity contribution in [1.82, 2.24) is 24.9 Å². The first-order valence-electron chi connectivity index (χ1n) is 11.4. The van der Waals surface area contributed by atoms with Gasteiger partial charge in [0.05, 0.1) is 18.5 Å². The Balaban J connectivity index is 1.35. The summed E-state index contributed by atoms with van der Waals surface area (Å²) in [5.74, 6) is -0.131. The van der Waals surface area contributed by atoms with Crippen molar-refractivity contribution < 1.29 is 9.59 Å². The first-order chi connectivity index (χ1) is 16.1. The zero-order valence-electron chi connectivity index (χ0n) is 18.4. The molecule has 8 heteroatoms. The van der Waals surface area contributed by atoms with E-state index >= 15 is 0 Å². The van der Waals surface area contributed by atoms with Crippen LogP contribution >= 0.6 is 0 Å². The van der Waals surface area contributed by atoms with Crippen molar-refractivity contribution in [1.29, 1.82) is 0 Å². The molecule has 2 heterocycles. The fraction of sp³-hybridized carbons (Fsp3) is 0.360. The average molecular weight is 446 g/mol. The fourth-order valence-electron chi connectivity index (χ4n) is 4.22. The highest BCUT2D eigenvalue weighted by Gasteiger charge is 2.28. The van der Waals surface area contributed by atoms with Crippen LogP contribution in [0.4, 0.5) is 0 Å². The maximum atomic E-state index is 13.5. The molecule has 0 atom stereocenters. The smallest absolute Gasteiger partial charge is 0.275 e. The van der Waals surface area contributed by atoms with Crippen LogP contribution in [0.1, 0.15) is 28.9 Å². The molecule has 0 unspecified atom stereocenters. The van der Waals surface area contributed by atoms with Gasteiger partial charge in [-0.15, -0.1) is 0 Å². The largest absolute Gasteiger partial charge is 0.352 e. The highest BCUT2D eigenvalue weighted by Crippen LogP contribution is 2.19. The van der Waals surface area contributed by atoms with Gasteiger partial charge in [0.15, 0.2) is 5.69 Å². The minimum absolute atomic E-state index is 0.0536. The minimum Gasteiger partial charge on any atom is -0.352 e. The molecule has 1 aromatic heterocycles. The molecule has 1 saturated heterocycles. The number of carbonyl (C=O) groups is 2. The van der Waals surface area contributed by atoms with E-state index in [2.05, 4.69) is 15.3 Å². The zero-order valence-corrected chi connectivity index (χ0v) is 18.4. The van der Waals surface area contributed by atoms with Gasteiger partial charge in [-0.2, -0.15) is 5.10 Å². The third-order valence-electron chi connectivity index (χ3n) is 6.21. The minimum atomic E-state index is -0.211. The second kappa shape index (κ2) is 9.15. The summed E-state index contributed by atoms with van der Waals surface area (Å²) in [6, 6.07) is 17.1. The number of amides is 2. The highest BCUT2D eigenvalue weighted by molar-refractivity contribution is 6.04. The Labute approximate surface area is 191 Å². The molecule has 8 nitrogen and oxygen atoms in total. The van der Waals surface area contributed by atoms with Crippen LogP contribution in [0.5, 0.6) is 0 Å². The Bertz CT molecular complexity index is 1230. The molecular formula is C25H27N5O3. The molecule has 1 N–H and O–H groups in total. The Morgan fingerprint density at radius 1 is 0.909 bits per heavy atom. The average Bonchev–Trinajstić information content (AvgIpc) is 3.65. The molecule has 5 rings (SSSR count). The lowest BCUT2D eigenvalue weighted by Gasteiger charge is -2.34. The number of hydrogen-bond donors (Lipinski definition) is 1. The van der Waals surface area contributed by atoms with E-state index in [4.69, 9.17) is 0 Å². The molecule has 0 spiro atoms. The first-order valence-corrected chi connectivity index (χ1v) is 11.4. The predicted molar refractivity (Wildman–Crippen MR) is 125 cm³/mol. The van der Waals surface area contributed by atoms with E-state index in [1.165, 1.54) is 4.68 Å². The standard InChI is InChI=1S/C25H27N5O3/c31-22(26-19-10-11-19)17-28-12-14-29(15-13-28)25(33)23-20-8-4-5-9-21(20)24(32)30(27-23)16-18-6-2-1-3-7-18/h1-9,19H,10-17H2,(H,26,31). The van der Waals surface area contributed by atoms with Gasteiger partial charge in [-0.3, -0.25) is 19.3 Å². The Morgan fingerprint density at radius 2 is 1.58 bits per heavy atom. The van der Waals surface area contributed by atoms with Crippen LogP contribution in [-0.2, 0) is 11.3 Å². The van der Waals surface area contributed by atoms with Crippen molar-refractivity contribution in [3.63, 3.8) is 0 Å². The molecule has 1 aliphatic carbocycles. The summed E-state index contributed by atoms with van der Waals surface area (Å²) in [5, 5.41) is 8.58. The number of nitrogens with zero attached hydrogens (tertiary/aromatic N) is 4. The second-order valence-corrected chi connectivity index (χ2v) is 8.75. The number of nitrogens with one attached hydrogen (secondary N) is 1. The summed E-state index contributed by atoms with van der Waals surface area (Å²) in [4.78, 5) is 42.4. The lowest BCUT2D eigenvalue weighted by molar-refractivity contribution is -0.122. The van der Waals surface area contributed by atoms with Crippen LogP contribution in [0.2, 0.25) is 0 Å². The van der Waals surface area contributed by atoms with E-state index in [0.717, 1.165) is 18.4 Å². The number of aromatic nitrogens is 2. The third-order valence-corrected chi connectivity index (χ3v) is 6.21. The van der Waals surface area contributed by atoms with Gasteiger partial charge in [-0.1, -0.05) is 48.5 Å². The van der Waals surface area contributed by atoms with Crippen LogP contribution in [0, 0.1) is 0 Å². The molecule has 1 saturated carbocycles. The lowest BCUT2D eigenvalue weighted by Crippen LogP contribution is -2.51. The van der Waals surface area contributed by atoms with Gasteiger partial charge < -0.3 is 10.2 Å². The monoisotopic (exact) mass is 445 g/mol. The van der Waals surface area contributed by atoms with E-state index in [-0.39, 0.29) is 17.4 Å². The van der Waals surface area contributed by atoms with Crippen molar-refractivity contribution in [2.45, 2.75) is 25.4 Å². The van der Waals surface area contributed by atoms with Gasteiger partial charge in [-0.25, -0.2) is 4.68 Å². The Morgan fingerprint density at radius 3 is 2.27 bits per heavy atom. The molecule has 170 valence electrons. The topological polar surface area (TPSA) is 87.5 Å². The molecule has 2 aromatic carbocycles. The molecule has 2 aliphatic rings. The van der Waals surface area contributed by atoms with Gasteiger partial charge >= 0.3 is 0 Å². The maximum absolute atomic E-state index is 13.5. The molecule has 0 radical (unpaired) electrons. The van der Waals surface area contributed by atoms with Crippen LogP contribution in [-0.4, -0.2) is 70.2 Å². The molecule has 3 aromatic rings. The number of hydrogen-bond acceptors (Lipinski definition) is 5. The summed E-state index contributed by atoms with van der Waals surface area (Å²) in [7, 11) is 0. The molecule has 0 bridgehead atoms. The van der Waals surface area contributed by atoms with Crippen molar-refractivity contribution in [3.8, 4) is 0 Å². The van der Waals surface area contributed by atoms with Gasteiger partial charge in [0.2, 0.25) is 5.91 Å². The summed E-state index contributed by atoms with van der Waals surface area (Å²) >= 11 is 0. The lowest BCUT2D eigenvalue weighted by atomic mass is 10.1. The molecular weight excluding hydrogens is 418 g/mol. The fourth-order valence-corrected chi connectivity index (χ4v) is 4.22. The van der Waals surface area contributed by atoms with E-state index in [1.807, 2.05) is 36.4 Å². The predicted octanol–water partition coefficient (Wildman–Crippen LogP) is 1.48. The van der Waals surface area contributed by atoms with E-state index in [0.29, 0.717) is 61.8 Å². The van der Waals surface area contributed by atoms with Gasteiger partial charge in [0, 0.05) is 37.6 Å². The van der Waals surface area contributed by atoms with Crippen molar-refractivity contribution in [2.75, 3.05) is 32.7 Å².